The van der Waals surface area contributed by atoms with Crippen molar-refractivity contribution in [1.29, 1.82) is 0 Å². The molecule has 1 aliphatic carbocycles. The highest BCUT2D eigenvalue weighted by Crippen LogP contribution is 2.37. The predicted molar refractivity (Wildman–Crippen MR) is 71.1 cm³/mol. The van der Waals surface area contributed by atoms with E-state index >= 15 is 0 Å². The summed E-state index contributed by atoms with van der Waals surface area (Å²) in [5, 5.41) is 4.11. The maximum Gasteiger partial charge on any atom is 0.243 e. The first-order chi connectivity index (χ1) is 8.61. The van der Waals surface area contributed by atoms with E-state index in [1.54, 1.807) is 0 Å². The topological polar surface area (TPSA) is 64.9 Å². The van der Waals surface area contributed by atoms with E-state index in [0.717, 1.165) is 24.1 Å². The molecule has 1 saturated carbocycles. The summed E-state index contributed by atoms with van der Waals surface area (Å²) in [6.45, 7) is 6.66. The van der Waals surface area contributed by atoms with Gasteiger partial charge < -0.3 is 10.3 Å². The third-order valence-electron chi connectivity index (χ3n) is 4.29. The molecule has 4 nitrogen and oxygen atoms in total. The average molecular weight is 251 g/mol. The summed E-state index contributed by atoms with van der Waals surface area (Å²) in [5.74, 6) is 3.60. The zero-order valence-electron chi connectivity index (χ0n) is 11.7. The molecule has 0 radical (unpaired) electrons. The average Bonchev–Trinajstić information content (AvgIpc) is 2.87. The normalized spacial score (nSPS) is 26.5. The van der Waals surface area contributed by atoms with Gasteiger partial charge in [-0.3, -0.25) is 0 Å². The van der Waals surface area contributed by atoms with Crippen LogP contribution < -0.4 is 5.73 Å². The van der Waals surface area contributed by atoms with Gasteiger partial charge in [0.05, 0.1) is 6.04 Å². The molecular weight excluding hydrogens is 226 g/mol. The summed E-state index contributed by atoms with van der Waals surface area (Å²) in [4.78, 5) is 4.47. The van der Waals surface area contributed by atoms with E-state index in [2.05, 4.69) is 24.0 Å². The molecule has 0 aliphatic heterocycles. The summed E-state index contributed by atoms with van der Waals surface area (Å²) in [6.07, 6.45) is 5.77. The van der Waals surface area contributed by atoms with Crippen LogP contribution >= 0.6 is 0 Å². The van der Waals surface area contributed by atoms with Crippen LogP contribution in [0, 0.1) is 11.8 Å². The molecule has 1 fully saturated rings. The Labute approximate surface area is 109 Å². The third-order valence-corrected chi connectivity index (χ3v) is 4.29. The van der Waals surface area contributed by atoms with Gasteiger partial charge in [-0.2, -0.15) is 4.98 Å². The van der Waals surface area contributed by atoms with Gasteiger partial charge in [-0.25, -0.2) is 0 Å². The first kappa shape index (κ1) is 13.5. The minimum absolute atomic E-state index is 0.113. The zero-order valence-corrected chi connectivity index (χ0v) is 11.7. The number of nitrogens with two attached hydrogens (primary N) is 1. The van der Waals surface area contributed by atoms with Crippen LogP contribution in [0.5, 0.6) is 0 Å². The lowest BCUT2D eigenvalue weighted by atomic mass is 9.77. The fourth-order valence-corrected chi connectivity index (χ4v) is 2.78. The van der Waals surface area contributed by atoms with Crippen LogP contribution in [0.1, 0.15) is 76.6 Å². The molecule has 0 aromatic carbocycles. The Morgan fingerprint density at radius 2 is 1.94 bits per heavy atom. The maximum absolute atomic E-state index is 5.90. The first-order valence-electron chi connectivity index (χ1n) is 7.20. The highest BCUT2D eigenvalue weighted by molar-refractivity contribution is 4.99. The lowest BCUT2D eigenvalue weighted by Crippen LogP contribution is -2.18. The first-order valence-corrected chi connectivity index (χ1v) is 7.20. The Kier molecular flexibility index (Phi) is 4.38. The molecule has 0 amide bonds. The molecule has 0 saturated heterocycles. The lowest BCUT2D eigenvalue weighted by molar-refractivity contribution is 0.251. The van der Waals surface area contributed by atoms with Crippen LogP contribution in [-0.2, 0) is 0 Å². The van der Waals surface area contributed by atoms with Crippen LogP contribution in [0.15, 0.2) is 4.52 Å². The second-order valence-electron chi connectivity index (χ2n) is 5.86. The van der Waals surface area contributed by atoms with Gasteiger partial charge in [-0.05, 0) is 43.9 Å². The van der Waals surface area contributed by atoms with Gasteiger partial charge in [0.1, 0.15) is 0 Å². The second-order valence-corrected chi connectivity index (χ2v) is 5.86. The van der Waals surface area contributed by atoms with E-state index in [1.165, 1.54) is 25.7 Å². The molecule has 1 unspecified atom stereocenters. The SMILES string of the molecule is CCC(N)c1nc(C2CCC(C(C)C)CC2)no1. The number of hydrogen-bond acceptors (Lipinski definition) is 4. The van der Waals surface area contributed by atoms with Crippen LogP contribution in [-0.4, -0.2) is 10.1 Å². The summed E-state index contributed by atoms with van der Waals surface area (Å²) < 4.78 is 5.26. The van der Waals surface area contributed by atoms with Crippen LogP contribution in [0.4, 0.5) is 0 Å². The molecule has 0 spiro atoms. The number of rotatable bonds is 4. The lowest BCUT2D eigenvalue weighted by Gasteiger charge is -2.29. The van der Waals surface area contributed by atoms with Crippen molar-refractivity contribution in [2.75, 3.05) is 0 Å². The molecule has 1 aliphatic rings. The van der Waals surface area contributed by atoms with Crippen molar-refractivity contribution in [2.45, 2.75) is 64.8 Å². The summed E-state index contributed by atoms with van der Waals surface area (Å²) in [6, 6.07) is -0.113. The smallest absolute Gasteiger partial charge is 0.243 e. The monoisotopic (exact) mass is 251 g/mol. The van der Waals surface area contributed by atoms with Gasteiger partial charge in [0.25, 0.3) is 0 Å². The highest BCUT2D eigenvalue weighted by Gasteiger charge is 2.27. The summed E-state index contributed by atoms with van der Waals surface area (Å²) in [5.41, 5.74) is 5.90. The van der Waals surface area contributed by atoms with Crippen molar-refractivity contribution in [3.05, 3.63) is 11.7 Å². The van der Waals surface area contributed by atoms with E-state index in [0.29, 0.717) is 11.8 Å². The largest absolute Gasteiger partial charge is 0.338 e. The van der Waals surface area contributed by atoms with Gasteiger partial charge in [0.2, 0.25) is 5.89 Å². The molecule has 1 aromatic heterocycles. The Morgan fingerprint density at radius 3 is 2.50 bits per heavy atom. The minimum Gasteiger partial charge on any atom is -0.338 e. The minimum atomic E-state index is -0.113. The number of nitrogens with zero attached hydrogens (tertiary/aromatic N) is 2. The molecule has 2 N–H and O–H groups in total. The Balaban J connectivity index is 1.95. The van der Waals surface area contributed by atoms with Crippen molar-refractivity contribution in [2.24, 2.45) is 17.6 Å². The Morgan fingerprint density at radius 1 is 1.28 bits per heavy atom. The molecule has 18 heavy (non-hydrogen) atoms. The molecule has 1 atom stereocenters. The van der Waals surface area contributed by atoms with E-state index < -0.39 is 0 Å². The molecule has 2 rings (SSSR count). The molecule has 0 bridgehead atoms. The van der Waals surface area contributed by atoms with E-state index in [1.807, 2.05) is 6.92 Å². The van der Waals surface area contributed by atoms with Crippen molar-refractivity contribution in [3.63, 3.8) is 0 Å². The number of aromatic nitrogens is 2. The van der Waals surface area contributed by atoms with Gasteiger partial charge in [0, 0.05) is 5.92 Å². The number of hydrogen-bond donors (Lipinski definition) is 1. The van der Waals surface area contributed by atoms with Gasteiger partial charge in [0.15, 0.2) is 5.82 Å². The second kappa shape index (κ2) is 5.83. The van der Waals surface area contributed by atoms with Gasteiger partial charge in [-0.15, -0.1) is 0 Å². The van der Waals surface area contributed by atoms with Crippen molar-refractivity contribution >= 4 is 0 Å². The Hall–Kier alpha value is -0.900. The standard InChI is InChI=1S/C14H25N3O/c1-4-12(15)14-16-13(17-18-14)11-7-5-10(6-8-11)9(2)3/h9-12H,4-8,15H2,1-3H3. The zero-order chi connectivity index (χ0) is 13.1. The van der Waals surface area contributed by atoms with Crippen molar-refractivity contribution in [1.82, 2.24) is 10.1 Å². The van der Waals surface area contributed by atoms with E-state index in [-0.39, 0.29) is 6.04 Å². The fraction of sp³-hybridized carbons (Fsp3) is 0.857. The summed E-state index contributed by atoms with van der Waals surface area (Å²) in [7, 11) is 0. The van der Waals surface area contributed by atoms with Crippen molar-refractivity contribution in [3.8, 4) is 0 Å². The van der Waals surface area contributed by atoms with E-state index in [9.17, 15) is 0 Å². The quantitative estimate of drug-likeness (QED) is 0.890. The Bertz CT molecular complexity index is 367. The van der Waals surface area contributed by atoms with E-state index in [4.69, 9.17) is 10.3 Å². The molecule has 4 heteroatoms. The van der Waals surface area contributed by atoms with Gasteiger partial charge in [-0.1, -0.05) is 25.9 Å². The molecule has 102 valence electrons. The maximum atomic E-state index is 5.90. The molecular formula is C14H25N3O. The molecule has 1 heterocycles. The third kappa shape index (κ3) is 2.91. The predicted octanol–water partition coefficient (Wildman–Crippen LogP) is 3.41. The van der Waals surface area contributed by atoms with Crippen LogP contribution in [0.25, 0.3) is 0 Å². The van der Waals surface area contributed by atoms with Crippen LogP contribution in [0.2, 0.25) is 0 Å². The van der Waals surface area contributed by atoms with Gasteiger partial charge >= 0.3 is 0 Å². The highest BCUT2D eigenvalue weighted by atomic mass is 16.5. The van der Waals surface area contributed by atoms with Crippen LogP contribution in [0.3, 0.4) is 0 Å². The summed E-state index contributed by atoms with van der Waals surface area (Å²) >= 11 is 0. The fourth-order valence-electron chi connectivity index (χ4n) is 2.78. The molecule has 1 aromatic rings. The van der Waals surface area contributed by atoms with Crippen molar-refractivity contribution < 1.29 is 4.52 Å².